The fourth-order valence-electron chi connectivity index (χ4n) is 2.03. The van der Waals surface area contributed by atoms with Gasteiger partial charge < -0.3 is 4.74 Å². The number of ether oxygens (including phenoxy) is 1. The van der Waals surface area contributed by atoms with Crippen LogP contribution in [0.4, 0.5) is 0 Å². The molecule has 0 radical (unpaired) electrons. The van der Waals surface area contributed by atoms with Gasteiger partial charge in [0.25, 0.3) is 0 Å². The minimum atomic E-state index is -0.716. The predicted molar refractivity (Wildman–Crippen MR) is 53.9 cm³/mol. The fraction of sp³-hybridized carbons (Fsp3) is 0.900. The van der Waals surface area contributed by atoms with E-state index in [1.807, 2.05) is 13.8 Å². The SMILES string of the molecule is CCOC(=O)C1C(CC(C)C)C1[N+](=O)[O-]. The zero-order valence-electron chi connectivity index (χ0n) is 9.30. The van der Waals surface area contributed by atoms with Crippen molar-refractivity contribution in [1.82, 2.24) is 0 Å². The van der Waals surface area contributed by atoms with E-state index in [9.17, 15) is 14.9 Å². The molecule has 5 heteroatoms. The molecule has 0 aromatic carbocycles. The molecule has 0 saturated heterocycles. The van der Waals surface area contributed by atoms with Gasteiger partial charge in [-0.15, -0.1) is 0 Å². The summed E-state index contributed by atoms with van der Waals surface area (Å²) in [6, 6.07) is -0.716. The number of hydrogen-bond donors (Lipinski definition) is 0. The summed E-state index contributed by atoms with van der Waals surface area (Å²) in [5, 5.41) is 10.7. The highest BCUT2D eigenvalue weighted by atomic mass is 16.6. The van der Waals surface area contributed by atoms with Gasteiger partial charge in [-0.1, -0.05) is 13.8 Å². The highest BCUT2D eigenvalue weighted by molar-refractivity contribution is 5.77. The monoisotopic (exact) mass is 215 g/mol. The van der Waals surface area contributed by atoms with E-state index in [4.69, 9.17) is 4.74 Å². The van der Waals surface area contributed by atoms with Gasteiger partial charge in [0.05, 0.1) is 6.61 Å². The second-order valence-corrected chi connectivity index (χ2v) is 4.35. The first-order valence-electron chi connectivity index (χ1n) is 5.29. The molecule has 1 rings (SSSR count). The van der Waals surface area contributed by atoms with Crippen LogP contribution in [0.1, 0.15) is 27.2 Å². The molecule has 0 aromatic rings. The van der Waals surface area contributed by atoms with Crippen molar-refractivity contribution in [1.29, 1.82) is 0 Å². The molecule has 5 nitrogen and oxygen atoms in total. The number of nitro groups is 1. The van der Waals surface area contributed by atoms with E-state index in [1.165, 1.54) is 0 Å². The van der Waals surface area contributed by atoms with Crippen LogP contribution in [0.25, 0.3) is 0 Å². The topological polar surface area (TPSA) is 69.4 Å². The summed E-state index contributed by atoms with van der Waals surface area (Å²) in [5.41, 5.74) is 0. The summed E-state index contributed by atoms with van der Waals surface area (Å²) in [6.07, 6.45) is 0.717. The van der Waals surface area contributed by atoms with Gasteiger partial charge in [-0.3, -0.25) is 14.9 Å². The molecule has 15 heavy (non-hydrogen) atoms. The number of carbonyl (C=O) groups is 1. The first-order chi connectivity index (χ1) is 6.99. The lowest BCUT2D eigenvalue weighted by Crippen LogP contribution is -2.13. The zero-order valence-corrected chi connectivity index (χ0v) is 9.30. The Balaban J connectivity index is 2.57. The largest absolute Gasteiger partial charge is 0.466 e. The number of esters is 1. The fourth-order valence-corrected chi connectivity index (χ4v) is 2.03. The molecule has 1 aliphatic carbocycles. The Labute approximate surface area is 88.9 Å². The maximum absolute atomic E-state index is 11.4. The summed E-state index contributed by atoms with van der Waals surface area (Å²) in [4.78, 5) is 21.7. The Kier molecular flexibility index (Phi) is 3.66. The molecular weight excluding hydrogens is 198 g/mol. The van der Waals surface area contributed by atoms with E-state index in [0.29, 0.717) is 5.92 Å². The van der Waals surface area contributed by atoms with E-state index >= 15 is 0 Å². The van der Waals surface area contributed by atoms with Gasteiger partial charge in [-0.05, 0) is 19.3 Å². The predicted octanol–water partition coefficient (Wildman–Crippen LogP) is 1.49. The van der Waals surface area contributed by atoms with Gasteiger partial charge in [0.15, 0.2) is 0 Å². The lowest BCUT2D eigenvalue weighted by molar-refractivity contribution is -0.500. The highest BCUT2D eigenvalue weighted by Gasteiger charge is 2.65. The Morgan fingerprint density at radius 3 is 2.53 bits per heavy atom. The van der Waals surface area contributed by atoms with Crippen LogP contribution >= 0.6 is 0 Å². The number of rotatable bonds is 5. The number of carbonyl (C=O) groups excluding carboxylic acids is 1. The second kappa shape index (κ2) is 4.59. The summed E-state index contributed by atoms with van der Waals surface area (Å²) in [6.45, 7) is 5.99. The smallest absolute Gasteiger partial charge is 0.316 e. The molecule has 1 aliphatic rings. The second-order valence-electron chi connectivity index (χ2n) is 4.35. The standard InChI is InChI=1S/C10H17NO4/c1-4-15-10(12)8-7(5-6(2)3)9(8)11(13)14/h6-9H,4-5H2,1-3H3. The normalized spacial score (nSPS) is 28.9. The Morgan fingerprint density at radius 2 is 2.13 bits per heavy atom. The van der Waals surface area contributed by atoms with Crippen LogP contribution in [0.15, 0.2) is 0 Å². The molecule has 0 aliphatic heterocycles. The van der Waals surface area contributed by atoms with Gasteiger partial charge in [0.1, 0.15) is 5.92 Å². The maximum atomic E-state index is 11.4. The Bertz CT molecular complexity index is 264. The first kappa shape index (κ1) is 11.9. The molecule has 0 heterocycles. The zero-order chi connectivity index (χ0) is 11.6. The van der Waals surface area contributed by atoms with Crippen LogP contribution in [0, 0.1) is 27.9 Å². The molecular formula is C10H17NO4. The van der Waals surface area contributed by atoms with Crippen molar-refractivity contribution < 1.29 is 14.5 Å². The number of nitrogens with zero attached hydrogens (tertiary/aromatic N) is 1. The molecule has 0 N–H and O–H groups in total. The average molecular weight is 215 g/mol. The molecule has 3 atom stereocenters. The van der Waals surface area contributed by atoms with Crippen molar-refractivity contribution in [2.75, 3.05) is 6.61 Å². The van der Waals surface area contributed by atoms with Gasteiger partial charge in [-0.25, -0.2) is 0 Å². The van der Waals surface area contributed by atoms with E-state index in [-0.39, 0.29) is 17.4 Å². The molecule has 3 unspecified atom stereocenters. The molecule has 86 valence electrons. The van der Waals surface area contributed by atoms with Gasteiger partial charge in [-0.2, -0.15) is 0 Å². The molecule has 0 spiro atoms. The summed E-state index contributed by atoms with van der Waals surface area (Å²) in [7, 11) is 0. The van der Waals surface area contributed by atoms with E-state index in [2.05, 4.69) is 0 Å². The van der Waals surface area contributed by atoms with E-state index in [0.717, 1.165) is 6.42 Å². The summed E-state index contributed by atoms with van der Waals surface area (Å²) in [5.74, 6) is -0.678. The van der Waals surface area contributed by atoms with Crippen LogP contribution < -0.4 is 0 Å². The Morgan fingerprint density at radius 1 is 1.53 bits per heavy atom. The third-order valence-electron chi connectivity index (χ3n) is 2.67. The average Bonchev–Trinajstić information content (AvgIpc) is 2.78. The van der Waals surface area contributed by atoms with Crippen molar-refractivity contribution in [2.45, 2.75) is 33.2 Å². The van der Waals surface area contributed by atoms with Crippen LogP contribution in [-0.4, -0.2) is 23.5 Å². The van der Waals surface area contributed by atoms with Crippen LogP contribution in [0.3, 0.4) is 0 Å². The first-order valence-corrected chi connectivity index (χ1v) is 5.29. The molecule has 0 aromatic heterocycles. The lowest BCUT2D eigenvalue weighted by atomic mass is 10.1. The van der Waals surface area contributed by atoms with Crippen molar-refractivity contribution in [3.05, 3.63) is 10.1 Å². The lowest BCUT2D eigenvalue weighted by Gasteiger charge is -2.01. The number of hydrogen-bond acceptors (Lipinski definition) is 4. The van der Waals surface area contributed by atoms with Crippen molar-refractivity contribution in [3.63, 3.8) is 0 Å². The van der Waals surface area contributed by atoms with E-state index in [1.54, 1.807) is 6.92 Å². The van der Waals surface area contributed by atoms with Crippen molar-refractivity contribution in [2.24, 2.45) is 17.8 Å². The summed E-state index contributed by atoms with van der Waals surface area (Å²) >= 11 is 0. The van der Waals surface area contributed by atoms with Gasteiger partial charge >= 0.3 is 5.97 Å². The minimum absolute atomic E-state index is 0.126. The van der Waals surface area contributed by atoms with Gasteiger partial charge in [0, 0.05) is 10.8 Å². The van der Waals surface area contributed by atoms with Gasteiger partial charge in [0.2, 0.25) is 6.04 Å². The molecule has 1 saturated carbocycles. The minimum Gasteiger partial charge on any atom is -0.466 e. The van der Waals surface area contributed by atoms with Crippen LogP contribution in [-0.2, 0) is 9.53 Å². The van der Waals surface area contributed by atoms with Crippen molar-refractivity contribution >= 4 is 5.97 Å². The maximum Gasteiger partial charge on any atom is 0.316 e. The highest BCUT2D eigenvalue weighted by Crippen LogP contribution is 2.46. The molecule has 0 bridgehead atoms. The molecule has 1 fully saturated rings. The van der Waals surface area contributed by atoms with E-state index < -0.39 is 17.9 Å². The molecule has 0 amide bonds. The Hall–Kier alpha value is -1.13. The van der Waals surface area contributed by atoms with Crippen molar-refractivity contribution in [3.8, 4) is 0 Å². The quantitative estimate of drug-likeness (QED) is 0.396. The third kappa shape index (κ3) is 2.67. The summed E-state index contributed by atoms with van der Waals surface area (Å²) < 4.78 is 4.81. The van der Waals surface area contributed by atoms with Crippen LogP contribution in [0.2, 0.25) is 0 Å². The third-order valence-corrected chi connectivity index (χ3v) is 2.67. The van der Waals surface area contributed by atoms with Crippen LogP contribution in [0.5, 0.6) is 0 Å².